The van der Waals surface area contributed by atoms with Crippen LogP contribution in [0.25, 0.3) is 0 Å². The molecule has 0 N–H and O–H groups in total. The van der Waals surface area contributed by atoms with Crippen molar-refractivity contribution in [2.45, 2.75) is 43.9 Å². The van der Waals surface area contributed by atoms with Crippen LogP contribution >= 0.6 is 0 Å². The van der Waals surface area contributed by atoms with Crippen LogP contribution in [0.4, 0.5) is 24.9 Å². The van der Waals surface area contributed by atoms with Crippen LogP contribution in [-0.4, -0.2) is 45.1 Å². The van der Waals surface area contributed by atoms with Crippen molar-refractivity contribution in [3.8, 4) is 0 Å². The van der Waals surface area contributed by atoms with Gasteiger partial charge in [0.1, 0.15) is 17.8 Å². The van der Waals surface area contributed by atoms with Crippen molar-refractivity contribution in [3.05, 3.63) is 36.5 Å². The van der Waals surface area contributed by atoms with Gasteiger partial charge in [0.15, 0.2) is 0 Å². The Morgan fingerprint density at radius 1 is 0.962 bits per heavy atom. The maximum absolute atomic E-state index is 12.9. The minimum absolute atomic E-state index is 0.151. The van der Waals surface area contributed by atoms with Crippen molar-refractivity contribution in [1.29, 1.82) is 0 Å². The van der Waals surface area contributed by atoms with Gasteiger partial charge in [-0.15, -0.1) is 0 Å². The third-order valence-corrected chi connectivity index (χ3v) is 4.85. The third kappa shape index (κ3) is 3.56. The number of piperidine rings is 1. The first kappa shape index (κ1) is 17.0. The van der Waals surface area contributed by atoms with Gasteiger partial charge in [0.25, 0.3) is 0 Å². The van der Waals surface area contributed by atoms with Crippen LogP contribution in [0.3, 0.4) is 0 Å². The van der Waals surface area contributed by atoms with E-state index in [2.05, 4.69) is 24.8 Å². The van der Waals surface area contributed by atoms with E-state index in [0.29, 0.717) is 25.2 Å². The summed E-state index contributed by atoms with van der Waals surface area (Å²) in [5.74, 6) is 1.08. The maximum atomic E-state index is 12.9. The van der Waals surface area contributed by atoms with Gasteiger partial charge in [0, 0.05) is 37.6 Å². The fourth-order valence-electron chi connectivity index (χ4n) is 3.46. The van der Waals surface area contributed by atoms with Crippen molar-refractivity contribution >= 4 is 11.8 Å². The summed E-state index contributed by atoms with van der Waals surface area (Å²) < 4.78 is 38.6. The first-order valence-electron chi connectivity index (χ1n) is 8.72. The molecule has 0 bridgehead atoms. The minimum Gasteiger partial charge on any atom is -0.350 e. The largest absolute Gasteiger partial charge is 0.433 e. The second-order valence-electron chi connectivity index (χ2n) is 6.66. The van der Waals surface area contributed by atoms with Gasteiger partial charge in [0.2, 0.25) is 5.95 Å². The lowest BCUT2D eigenvalue weighted by Gasteiger charge is -2.39. The molecule has 2 aliphatic rings. The van der Waals surface area contributed by atoms with E-state index in [9.17, 15) is 13.2 Å². The fraction of sp³-hybridized carbons (Fsp3) is 0.529. The molecule has 3 heterocycles. The second kappa shape index (κ2) is 6.69. The fourth-order valence-corrected chi connectivity index (χ4v) is 3.46. The van der Waals surface area contributed by atoms with Crippen LogP contribution in [0.15, 0.2) is 30.9 Å². The van der Waals surface area contributed by atoms with Gasteiger partial charge in [-0.1, -0.05) is 0 Å². The Morgan fingerprint density at radius 3 is 2.31 bits per heavy atom. The molecule has 0 amide bonds. The zero-order valence-corrected chi connectivity index (χ0v) is 14.1. The summed E-state index contributed by atoms with van der Waals surface area (Å²) >= 11 is 0. The smallest absolute Gasteiger partial charge is 0.350 e. The SMILES string of the molecule is FC(F)(F)c1ccnc(N2CCC(N(c3ccncn3)C3CC3)CC2)n1. The minimum atomic E-state index is -4.45. The average molecular weight is 364 g/mol. The zero-order chi connectivity index (χ0) is 18.1. The maximum Gasteiger partial charge on any atom is 0.433 e. The normalized spacial score (nSPS) is 18.8. The van der Waals surface area contributed by atoms with E-state index in [-0.39, 0.29) is 5.95 Å². The molecule has 0 aromatic carbocycles. The van der Waals surface area contributed by atoms with Crippen LogP contribution < -0.4 is 9.80 Å². The molecule has 138 valence electrons. The average Bonchev–Trinajstić information content (AvgIpc) is 3.48. The van der Waals surface area contributed by atoms with E-state index >= 15 is 0 Å². The quantitative estimate of drug-likeness (QED) is 0.831. The van der Waals surface area contributed by atoms with Gasteiger partial charge in [-0.25, -0.2) is 19.9 Å². The van der Waals surface area contributed by atoms with Crippen LogP contribution in [0, 0.1) is 0 Å². The number of alkyl halides is 3. The molecule has 0 atom stereocenters. The molecule has 2 aromatic rings. The number of anilines is 2. The molecule has 0 unspecified atom stereocenters. The molecule has 1 aliphatic heterocycles. The Kier molecular flexibility index (Phi) is 4.37. The third-order valence-electron chi connectivity index (χ3n) is 4.85. The molecular formula is C17H19F3N6. The van der Waals surface area contributed by atoms with Crippen molar-refractivity contribution in [1.82, 2.24) is 19.9 Å². The summed E-state index contributed by atoms with van der Waals surface area (Å²) in [5.41, 5.74) is -0.898. The summed E-state index contributed by atoms with van der Waals surface area (Å²) in [7, 11) is 0. The highest BCUT2D eigenvalue weighted by atomic mass is 19.4. The lowest BCUT2D eigenvalue weighted by atomic mass is 10.0. The van der Waals surface area contributed by atoms with E-state index in [0.717, 1.165) is 37.6 Å². The summed E-state index contributed by atoms with van der Waals surface area (Å²) in [6.07, 6.45) is 3.99. The lowest BCUT2D eigenvalue weighted by Crippen LogP contribution is -2.47. The molecule has 0 spiro atoms. The summed E-state index contributed by atoms with van der Waals surface area (Å²) in [5, 5.41) is 0. The van der Waals surface area contributed by atoms with Crippen LogP contribution in [-0.2, 0) is 6.18 Å². The van der Waals surface area contributed by atoms with Crippen molar-refractivity contribution in [2.75, 3.05) is 22.9 Å². The van der Waals surface area contributed by atoms with Crippen LogP contribution in [0.5, 0.6) is 0 Å². The van der Waals surface area contributed by atoms with Gasteiger partial charge in [-0.05, 0) is 37.8 Å². The summed E-state index contributed by atoms with van der Waals surface area (Å²) in [6, 6.07) is 3.64. The second-order valence-corrected chi connectivity index (χ2v) is 6.66. The van der Waals surface area contributed by atoms with Crippen LogP contribution in [0.2, 0.25) is 0 Å². The van der Waals surface area contributed by atoms with Crippen molar-refractivity contribution in [3.63, 3.8) is 0 Å². The van der Waals surface area contributed by atoms with E-state index in [1.54, 1.807) is 12.5 Å². The summed E-state index contributed by atoms with van der Waals surface area (Å²) in [6.45, 7) is 1.25. The van der Waals surface area contributed by atoms with Gasteiger partial charge in [-0.3, -0.25) is 0 Å². The van der Waals surface area contributed by atoms with Gasteiger partial charge < -0.3 is 9.80 Å². The zero-order valence-electron chi connectivity index (χ0n) is 14.1. The van der Waals surface area contributed by atoms with Gasteiger partial charge in [0.05, 0.1) is 0 Å². The molecule has 4 rings (SSSR count). The van der Waals surface area contributed by atoms with Crippen molar-refractivity contribution < 1.29 is 13.2 Å². The molecule has 1 saturated carbocycles. The predicted octanol–water partition coefficient (Wildman–Crippen LogP) is 2.92. The number of nitrogens with zero attached hydrogens (tertiary/aromatic N) is 6. The number of hydrogen-bond donors (Lipinski definition) is 0. The molecular weight excluding hydrogens is 345 g/mol. The predicted molar refractivity (Wildman–Crippen MR) is 89.8 cm³/mol. The van der Waals surface area contributed by atoms with Gasteiger partial charge >= 0.3 is 6.18 Å². The Hall–Kier alpha value is -2.45. The highest BCUT2D eigenvalue weighted by molar-refractivity contribution is 5.43. The molecule has 26 heavy (non-hydrogen) atoms. The van der Waals surface area contributed by atoms with E-state index in [4.69, 9.17) is 0 Å². The Balaban J connectivity index is 1.46. The number of hydrogen-bond acceptors (Lipinski definition) is 6. The number of halogens is 3. The molecule has 0 radical (unpaired) electrons. The highest BCUT2D eigenvalue weighted by Crippen LogP contribution is 2.35. The van der Waals surface area contributed by atoms with E-state index in [1.165, 1.54) is 6.20 Å². The molecule has 6 nitrogen and oxygen atoms in total. The highest BCUT2D eigenvalue weighted by Gasteiger charge is 2.37. The topological polar surface area (TPSA) is 58.0 Å². The van der Waals surface area contributed by atoms with Gasteiger partial charge in [-0.2, -0.15) is 13.2 Å². The Morgan fingerprint density at radius 2 is 1.69 bits per heavy atom. The molecule has 2 fully saturated rings. The number of aromatic nitrogens is 4. The van der Waals surface area contributed by atoms with Crippen LogP contribution in [0.1, 0.15) is 31.4 Å². The molecule has 2 aromatic heterocycles. The van der Waals surface area contributed by atoms with E-state index < -0.39 is 11.9 Å². The number of rotatable bonds is 4. The molecule has 1 aliphatic carbocycles. The molecule has 9 heteroatoms. The first-order chi connectivity index (χ1) is 12.5. The standard InChI is InChI=1S/C17H19F3N6/c18-17(19,20)14-3-8-22-16(24-14)25-9-5-13(6-10-25)26(12-1-2-12)15-4-7-21-11-23-15/h3-4,7-8,11-13H,1-2,5-6,9-10H2. The van der Waals surface area contributed by atoms with E-state index in [1.807, 2.05) is 11.0 Å². The summed E-state index contributed by atoms with van der Waals surface area (Å²) in [4.78, 5) is 20.3. The monoisotopic (exact) mass is 364 g/mol. The van der Waals surface area contributed by atoms with Crippen molar-refractivity contribution in [2.24, 2.45) is 0 Å². The Labute approximate surface area is 149 Å². The Bertz CT molecular complexity index is 742. The first-order valence-corrected chi connectivity index (χ1v) is 8.72. The molecule has 1 saturated heterocycles. The lowest BCUT2D eigenvalue weighted by molar-refractivity contribution is -0.141.